The van der Waals surface area contributed by atoms with Gasteiger partial charge < -0.3 is 10.6 Å². The van der Waals surface area contributed by atoms with Gasteiger partial charge in [-0.1, -0.05) is 20.8 Å². The number of nitrogens with one attached hydrogen (secondary N) is 2. The van der Waals surface area contributed by atoms with Gasteiger partial charge in [0.15, 0.2) is 0 Å². The number of amides is 2. The largest absolute Gasteiger partial charge is 0.392 e. The maximum absolute atomic E-state index is 14.6. The number of halogens is 32. The van der Waals surface area contributed by atoms with Crippen LogP contribution in [-0.4, -0.2) is 120 Å². The number of rotatable bonds is 19. The average Bonchev–Trinajstić information content (AvgIpc) is 3.08. The maximum Gasteiger partial charge on any atom is 0.392 e. The summed E-state index contributed by atoms with van der Waals surface area (Å²) in [5, 5.41) is 1.15. The highest BCUT2D eigenvalue weighted by molar-refractivity contribution is 5.85. The molecule has 36 heteroatoms. The lowest BCUT2D eigenvalue weighted by Crippen LogP contribution is -2.75. The molecule has 2 atom stereocenters. The van der Waals surface area contributed by atoms with Crippen molar-refractivity contribution in [1.82, 2.24) is 10.6 Å². The number of carbonyl (C=O) groups is 2. The third-order valence-corrected chi connectivity index (χ3v) is 9.35. The molecule has 4 nitrogen and oxygen atoms in total. The van der Waals surface area contributed by atoms with E-state index in [2.05, 4.69) is 0 Å². The first-order valence-electron chi connectivity index (χ1n) is 15.9. The van der Waals surface area contributed by atoms with Crippen molar-refractivity contribution >= 4 is 11.8 Å². The molecule has 0 aromatic heterocycles. The van der Waals surface area contributed by atoms with Gasteiger partial charge in [0.1, 0.15) is 0 Å². The molecule has 380 valence electrons. The first-order chi connectivity index (χ1) is 27.4. The van der Waals surface area contributed by atoms with E-state index in [1.807, 2.05) is 0 Å². The Labute approximate surface area is 332 Å². The van der Waals surface area contributed by atoms with E-state index in [4.69, 9.17) is 0 Å². The number of hydrogen-bond acceptors (Lipinski definition) is 2. The molecule has 0 aromatic carbocycles. The molecule has 0 saturated heterocycles. The number of hydrogen-bond donors (Lipinski definition) is 2. The van der Waals surface area contributed by atoms with Crippen LogP contribution in [0.15, 0.2) is 0 Å². The second-order valence-electron chi connectivity index (χ2n) is 15.2. The number of carbonyl (C=O) groups excluding carboxylic acids is 2. The lowest BCUT2D eigenvalue weighted by molar-refractivity contribution is -0.443. The highest BCUT2D eigenvalue weighted by Gasteiger charge is 2.96. The Kier molecular flexibility index (Phi) is 14.6. The standard InChI is InChI=1S/C28H22F32N2O2/c1-13(2)4-8(62-12(64)18(39,40)22(47,48)26(55,56)28(59,60)24(51,52)20(43,44)16(35,36)10(31)32)5-14(3,6-13)7-61-11(63)17(37,38)21(45,46)25(53,54)27(57,58)23(49,50)19(41,42)15(33,34)9(29)30/h8-10H,4-7H2,1-3H3,(H,61,63)(H,62,64). The lowest BCUT2D eigenvalue weighted by atomic mass is 9.62. The monoisotopic (exact) mass is 1030 g/mol. The van der Waals surface area contributed by atoms with Gasteiger partial charge >= 0.3 is 95.8 Å². The van der Waals surface area contributed by atoms with Gasteiger partial charge in [0.25, 0.3) is 11.8 Å². The van der Waals surface area contributed by atoms with Crippen LogP contribution in [0.3, 0.4) is 0 Å². The van der Waals surface area contributed by atoms with Crippen LogP contribution in [0.25, 0.3) is 0 Å². The molecule has 2 N–H and O–H groups in total. The summed E-state index contributed by atoms with van der Waals surface area (Å²) in [6, 6.07) is -2.51. The van der Waals surface area contributed by atoms with Crippen LogP contribution < -0.4 is 10.6 Å². The smallest absolute Gasteiger partial charge is 0.350 e. The summed E-state index contributed by atoms with van der Waals surface area (Å²) in [7, 11) is 0. The topological polar surface area (TPSA) is 58.2 Å². The summed E-state index contributed by atoms with van der Waals surface area (Å²) < 4.78 is 437. The van der Waals surface area contributed by atoms with E-state index in [0.29, 0.717) is 17.6 Å². The Morgan fingerprint density at radius 1 is 0.438 bits per heavy atom. The van der Waals surface area contributed by atoms with Gasteiger partial charge in [0.2, 0.25) is 0 Å². The molecule has 0 bridgehead atoms. The second kappa shape index (κ2) is 15.9. The van der Waals surface area contributed by atoms with Gasteiger partial charge in [-0.15, -0.1) is 0 Å². The highest BCUT2D eigenvalue weighted by atomic mass is 19.4. The summed E-state index contributed by atoms with van der Waals surface area (Å²) in [5.74, 6) is -126. The Morgan fingerprint density at radius 3 is 1.00 bits per heavy atom. The van der Waals surface area contributed by atoms with Crippen molar-refractivity contribution in [2.45, 2.75) is 142 Å². The van der Waals surface area contributed by atoms with Crippen LogP contribution in [0.2, 0.25) is 0 Å². The Morgan fingerprint density at radius 2 is 0.703 bits per heavy atom. The van der Waals surface area contributed by atoms with E-state index in [9.17, 15) is 150 Å². The molecule has 1 rings (SSSR count). The van der Waals surface area contributed by atoms with Crippen molar-refractivity contribution in [3.8, 4) is 0 Å². The summed E-state index contributed by atoms with van der Waals surface area (Å²) in [4.78, 5) is 24.1. The van der Waals surface area contributed by atoms with Crippen LogP contribution >= 0.6 is 0 Å². The van der Waals surface area contributed by atoms with Crippen LogP contribution in [0.1, 0.15) is 40.0 Å². The summed E-state index contributed by atoms with van der Waals surface area (Å²) in [6.07, 6.45) is -15.7. The van der Waals surface area contributed by atoms with E-state index in [1.165, 1.54) is 0 Å². The third kappa shape index (κ3) is 8.17. The Hall–Kier alpha value is -3.30. The van der Waals surface area contributed by atoms with Gasteiger partial charge in [-0.3, -0.25) is 9.59 Å². The Bertz CT molecular complexity index is 1720. The van der Waals surface area contributed by atoms with E-state index in [1.54, 1.807) is 0 Å². The molecule has 2 amide bonds. The quantitative estimate of drug-likeness (QED) is 0.127. The van der Waals surface area contributed by atoms with Crippen molar-refractivity contribution < 1.29 is 150 Å². The number of alkyl halides is 32. The normalized spacial score (nSPS) is 21.4. The van der Waals surface area contributed by atoms with E-state index in [0.717, 1.165) is 13.8 Å². The fraction of sp³-hybridized carbons (Fsp3) is 0.929. The molecule has 1 fully saturated rings. The minimum absolute atomic E-state index is 0.497. The summed E-state index contributed by atoms with van der Waals surface area (Å²) in [6.45, 7) is 0.233. The van der Waals surface area contributed by atoms with Crippen LogP contribution in [0.4, 0.5) is 140 Å². The molecule has 0 aromatic rings. The Balaban J connectivity index is 3.55. The lowest BCUT2D eigenvalue weighted by Gasteiger charge is -2.47. The minimum atomic E-state index is -8.94. The van der Waals surface area contributed by atoms with Crippen molar-refractivity contribution in [1.29, 1.82) is 0 Å². The SMILES string of the molecule is CC1(C)CC(NC(=O)C(F)(F)C(F)(F)C(F)(F)C(F)(F)C(F)(F)C(F)(F)C(F)(F)C(F)F)CC(C)(CNC(=O)C(F)(F)C(F)(F)C(F)(F)C(F)(F)C(F)(F)C(F)(F)C(F)(F)C(F)F)C1. The summed E-state index contributed by atoms with van der Waals surface area (Å²) in [5.41, 5.74) is -4.33. The molecule has 0 radical (unpaired) electrons. The van der Waals surface area contributed by atoms with Gasteiger partial charge in [-0.25, -0.2) is 17.6 Å². The van der Waals surface area contributed by atoms with Gasteiger partial charge in [-0.2, -0.15) is 123 Å². The minimum Gasteiger partial charge on any atom is -0.350 e. The van der Waals surface area contributed by atoms with Crippen molar-refractivity contribution in [2.24, 2.45) is 10.8 Å². The van der Waals surface area contributed by atoms with Gasteiger partial charge in [-0.05, 0) is 30.1 Å². The molecule has 1 aliphatic rings. The second-order valence-corrected chi connectivity index (χ2v) is 15.2. The van der Waals surface area contributed by atoms with Crippen LogP contribution in [0.5, 0.6) is 0 Å². The van der Waals surface area contributed by atoms with E-state index in [-0.39, 0.29) is 0 Å². The zero-order chi connectivity index (χ0) is 52.1. The molecule has 64 heavy (non-hydrogen) atoms. The average molecular weight is 1030 g/mol. The predicted molar refractivity (Wildman–Crippen MR) is 142 cm³/mol. The van der Waals surface area contributed by atoms with E-state index < -0.39 is 150 Å². The molecule has 0 aliphatic heterocycles. The molecule has 2 unspecified atom stereocenters. The first-order valence-corrected chi connectivity index (χ1v) is 15.9. The molecular formula is C28H22F32N2O2. The molecule has 0 heterocycles. The first kappa shape index (κ1) is 58.7. The van der Waals surface area contributed by atoms with Crippen LogP contribution in [-0.2, 0) is 9.59 Å². The molecular weight excluding hydrogens is 1000 g/mol. The zero-order valence-corrected chi connectivity index (χ0v) is 30.5. The molecule has 1 aliphatic carbocycles. The zero-order valence-electron chi connectivity index (χ0n) is 30.5. The molecule has 1 saturated carbocycles. The fourth-order valence-corrected chi connectivity index (χ4v) is 6.11. The van der Waals surface area contributed by atoms with Gasteiger partial charge in [0.05, 0.1) is 0 Å². The summed E-state index contributed by atoms with van der Waals surface area (Å²) >= 11 is 0. The van der Waals surface area contributed by atoms with Gasteiger partial charge in [0, 0.05) is 12.6 Å². The molecule has 0 spiro atoms. The van der Waals surface area contributed by atoms with Crippen molar-refractivity contribution in [3.63, 3.8) is 0 Å². The van der Waals surface area contributed by atoms with Crippen molar-refractivity contribution in [3.05, 3.63) is 0 Å². The third-order valence-electron chi connectivity index (χ3n) is 9.35. The van der Waals surface area contributed by atoms with E-state index >= 15 is 0 Å². The maximum atomic E-state index is 14.6. The highest BCUT2D eigenvalue weighted by Crippen LogP contribution is 2.65. The van der Waals surface area contributed by atoms with Crippen LogP contribution in [0, 0.1) is 10.8 Å². The predicted octanol–water partition coefficient (Wildman–Crippen LogP) is 11.2. The fourth-order valence-electron chi connectivity index (χ4n) is 6.11. The van der Waals surface area contributed by atoms with Crippen molar-refractivity contribution in [2.75, 3.05) is 6.54 Å².